The molecule has 0 spiro atoms. The Bertz CT molecular complexity index is 438. The van der Waals surface area contributed by atoms with Crippen LogP contribution in [0, 0.1) is 0 Å². The number of hydrogen-bond acceptors (Lipinski definition) is 3. The summed E-state index contributed by atoms with van der Waals surface area (Å²) in [5.41, 5.74) is 7.00. The molecule has 0 aromatic heterocycles. The Morgan fingerprint density at radius 2 is 1.79 bits per heavy atom. The fourth-order valence-corrected chi connectivity index (χ4v) is 2.47. The Kier molecular flexibility index (Phi) is 4.66. The molecular weight excluding hydrogens is 240 g/mol. The third-order valence-corrected chi connectivity index (χ3v) is 3.63. The van der Waals surface area contributed by atoms with Crippen LogP contribution in [0.3, 0.4) is 0 Å². The van der Waals surface area contributed by atoms with E-state index < -0.39 is 0 Å². The van der Waals surface area contributed by atoms with Gasteiger partial charge in [-0.05, 0) is 31.0 Å². The highest BCUT2D eigenvalue weighted by atomic mass is 16.5. The van der Waals surface area contributed by atoms with Crippen molar-refractivity contribution in [1.29, 1.82) is 0 Å². The highest BCUT2D eigenvalue weighted by Gasteiger charge is 2.19. The number of nitrogens with two attached hydrogens (primary N) is 1. The van der Waals surface area contributed by atoms with Gasteiger partial charge in [0.2, 0.25) is 0 Å². The van der Waals surface area contributed by atoms with Gasteiger partial charge in [0.25, 0.3) is 5.91 Å². The van der Waals surface area contributed by atoms with E-state index >= 15 is 0 Å². The molecule has 1 fully saturated rings. The van der Waals surface area contributed by atoms with Crippen LogP contribution in [0.1, 0.15) is 42.5 Å². The topological polar surface area (TPSA) is 55.6 Å². The number of likely N-dealkylation sites (tertiary alicyclic amines) is 1. The van der Waals surface area contributed by atoms with Crippen LogP contribution < -0.4 is 10.5 Å². The van der Waals surface area contributed by atoms with Crippen molar-refractivity contribution in [2.75, 3.05) is 25.9 Å². The highest BCUT2D eigenvalue weighted by Crippen LogP contribution is 2.22. The maximum atomic E-state index is 12.5. The van der Waals surface area contributed by atoms with Gasteiger partial charge in [-0.25, -0.2) is 0 Å². The van der Waals surface area contributed by atoms with Gasteiger partial charge in [-0.1, -0.05) is 19.3 Å². The molecule has 0 saturated carbocycles. The molecule has 1 heterocycles. The van der Waals surface area contributed by atoms with E-state index in [-0.39, 0.29) is 5.91 Å². The van der Waals surface area contributed by atoms with E-state index in [1.165, 1.54) is 19.3 Å². The number of ether oxygens (including phenoxy) is 1. The number of carbonyl (C=O) groups excluding carboxylic acids is 1. The van der Waals surface area contributed by atoms with Crippen molar-refractivity contribution in [3.63, 3.8) is 0 Å². The predicted molar refractivity (Wildman–Crippen MR) is 76.4 cm³/mol. The van der Waals surface area contributed by atoms with Crippen molar-refractivity contribution in [1.82, 2.24) is 4.90 Å². The van der Waals surface area contributed by atoms with E-state index in [1.54, 1.807) is 25.3 Å². The summed E-state index contributed by atoms with van der Waals surface area (Å²) in [6.45, 7) is 1.66. The lowest BCUT2D eigenvalue weighted by Crippen LogP contribution is -2.34. The summed E-state index contributed by atoms with van der Waals surface area (Å²) >= 11 is 0. The number of nitrogens with zero attached hydrogens (tertiary/aromatic N) is 1. The molecule has 2 rings (SSSR count). The number of amides is 1. The second-order valence-electron chi connectivity index (χ2n) is 5.01. The van der Waals surface area contributed by atoms with Crippen molar-refractivity contribution >= 4 is 11.6 Å². The van der Waals surface area contributed by atoms with E-state index in [0.29, 0.717) is 17.0 Å². The Hall–Kier alpha value is -1.71. The first-order valence-electron chi connectivity index (χ1n) is 6.95. The van der Waals surface area contributed by atoms with Crippen LogP contribution in [0.2, 0.25) is 0 Å². The summed E-state index contributed by atoms with van der Waals surface area (Å²) in [6, 6.07) is 5.24. The summed E-state index contributed by atoms with van der Waals surface area (Å²) in [7, 11) is 1.59. The first-order valence-corrected chi connectivity index (χ1v) is 6.95. The summed E-state index contributed by atoms with van der Waals surface area (Å²) in [5.74, 6) is 0.697. The SMILES string of the molecule is COc1ccc(N)c(C(=O)N2CCCCCCC2)c1. The Balaban J connectivity index is 2.17. The van der Waals surface area contributed by atoms with Crippen LogP contribution in [0.25, 0.3) is 0 Å². The molecule has 1 amide bonds. The fraction of sp³-hybridized carbons (Fsp3) is 0.533. The van der Waals surface area contributed by atoms with Crippen LogP contribution >= 0.6 is 0 Å². The Morgan fingerprint density at radius 1 is 1.16 bits per heavy atom. The molecule has 0 aliphatic carbocycles. The molecule has 2 N–H and O–H groups in total. The lowest BCUT2D eigenvalue weighted by molar-refractivity contribution is 0.0743. The number of methoxy groups -OCH3 is 1. The molecule has 0 bridgehead atoms. The van der Waals surface area contributed by atoms with Crippen LogP contribution in [0.15, 0.2) is 18.2 Å². The molecule has 4 heteroatoms. The number of anilines is 1. The monoisotopic (exact) mass is 262 g/mol. The van der Waals surface area contributed by atoms with Crippen molar-refractivity contribution in [3.8, 4) is 5.75 Å². The molecule has 1 aromatic carbocycles. The summed E-state index contributed by atoms with van der Waals surface area (Å²) in [4.78, 5) is 14.5. The van der Waals surface area contributed by atoms with E-state index in [4.69, 9.17) is 10.5 Å². The van der Waals surface area contributed by atoms with Gasteiger partial charge in [0, 0.05) is 18.8 Å². The molecule has 1 aliphatic rings. The number of benzene rings is 1. The lowest BCUT2D eigenvalue weighted by atomic mass is 10.1. The zero-order valence-electron chi connectivity index (χ0n) is 11.5. The number of rotatable bonds is 2. The Morgan fingerprint density at radius 3 is 2.42 bits per heavy atom. The zero-order valence-corrected chi connectivity index (χ0v) is 11.5. The van der Waals surface area contributed by atoms with Gasteiger partial charge >= 0.3 is 0 Å². The average Bonchev–Trinajstić information content (AvgIpc) is 2.38. The first-order chi connectivity index (χ1) is 9.22. The van der Waals surface area contributed by atoms with Crippen LogP contribution in [0.5, 0.6) is 5.75 Å². The summed E-state index contributed by atoms with van der Waals surface area (Å²) in [5, 5.41) is 0. The third-order valence-electron chi connectivity index (χ3n) is 3.63. The minimum atomic E-state index is 0.0262. The van der Waals surface area contributed by atoms with Crippen LogP contribution in [0.4, 0.5) is 5.69 Å². The smallest absolute Gasteiger partial charge is 0.256 e. The second kappa shape index (κ2) is 6.45. The normalized spacial score (nSPS) is 16.6. The predicted octanol–water partition coefficient (Wildman–Crippen LogP) is 2.68. The highest BCUT2D eigenvalue weighted by molar-refractivity contribution is 5.99. The quantitative estimate of drug-likeness (QED) is 0.834. The minimum absolute atomic E-state index is 0.0262. The first kappa shape index (κ1) is 13.7. The van der Waals surface area contributed by atoms with Gasteiger partial charge in [0.1, 0.15) is 5.75 Å². The molecule has 1 saturated heterocycles. The third kappa shape index (κ3) is 3.40. The van der Waals surface area contributed by atoms with Gasteiger partial charge in [-0.2, -0.15) is 0 Å². The molecular formula is C15H22N2O2. The van der Waals surface area contributed by atoms with Crippen LogP contribution in [-0.2, 0) is 0 Å². The molecule has 0 radical (unpaired) electrons. The van der Waals surface area contributed by atoms with Crippen molar-refractivity contribution in [2.24, 2.45) is 0 Å². The van der Waals surface area contributed by atoms with Crippen molar-refractivity contribution < 1.29 is 9.53 Å². The molecule has 0 unspecified atom stereocenters. The summed E-state index contributed by atoms with van der Waals surface area (Å²) in [6.07, 6.45) is 5.85. The second-order valence-corrected chi connectivity index (χ2v) is 5.01. The molecule has 1 aromatic rings. The number of nitrogen functional groups attached to an aromatic ring is 1. The van der Waals surface area contributed by atoms with E-state index in [9.17, 15) is 4.79 Å². The van der Waals surface area contributed by atoms with Crippen LogP contribution in [-0.4, -0.2) is 31.0 Å². The maximum absolute atomic E-state index is 12.5. The van der Waals surface area contributed by atoms with Gasteiger partial charge in [-0.15, -0.1) is 0 Å². The average molecular weight is 262 g/mol. The summed E-state index contributed by atoms with van der Waals surface area (Å²) < 4.78 is 5.17. The zero-order chi connectivity index (χ0) is 13.7. The number of hydrogen-bond donors (Lipinski definition) is 1. The minimum Gasteiger partial charge on any atom is -0.497 e. The lowest BCUT2D eigenvalue weighted by Gasteiger charge is -2.25. The van der Waals surface area contributed by atoms with Gasteiger partial charge in [-0.3, -0.25) is 4.79 Å². The van der Waals surface area contributed by atoms with Gasteiger partial charge < -0.3 is 15.4 Å². The molecule has 4 nitrogen and oxygen atoms in total. The maximum Gasteiger partial charge on any atom is 0.256 e. The Labute approximate surface area is 114 Å². The standard InChI is InChI=1S/C15H22N2O2/c1-19-12-7-8-14(16)13(11-12)15(18)17-9-5-3-2-4-6-10-17/h7-8,11H,2-6,9-10,16H2,1H3. The van der Waals surface area contributed by atoms with E-state index in [0.717, 1.165) is 25.9 Å². The fourth-order valence-electron chi connectivity index (χ4n) is 2.47. The molecule has 104 valence electrons. The molecule has 19 heavy (non-hydrogen) atoms. The molecule has 0 atom stereocenters. The van der Waals surface area contributed by atoms with Crippen molar-refractivity contribution in [2.45, 2.75) is 32.1 Å². The van der Waals surface area contributed by atoms with E-state index in [1.807, 2.05) is 4.90 Å². The largest absolute Gasteiger partial charge is 0.497 e. The molecule has 1 aliphatic heterocycles. The van der Waals surface area contributed by atoms with Gasteiger partial charge in [0.15, 0.2) is 0 Å². The van der Waals surface area contributed by atoms with Gasteiger partial charge in [0.05, 0.1) is 12.7 Å². The van der Waals surface area contributed by atoms with Crippen molar-refractivity contribution in [3.05, 3.63) is 23.8 Å². The van der Waals surface area contributed by atoms with E-state index in [2.05, 4.69) is 0 Å². The number of carbonyl (C=O) groups is 1.